The standard InChI is InChI=1S/C11H17.2ClH.Zr/c1-3-7-10(4-2)11-8-5-6-9-11;;;/h5,8,10H,3-4,6-7H2,1-2H3;2*1H;. The van der Waals surface area contributed by atoms with E-state index in [4.69, 9.17) is 0 Å². The van der Waals surface area contributed by atoms with E-state index >= 15 is 0 Å². The van der Waals surface area contributed by atoms with Crippen LogP contribution in [0.4, 0.5) is 0 Å². The molecule has 1 rings (SSSR count). The number of allylic oxidation sites excluding steroid dienone is 4. The zero-order valence-electron chi connectivity index (χ0n) is 8.88. The molecule has 0 amide bonds. The summed E-state index contributed by atoms with van der Waals surface area (Å²) in [6.07, 6.45) is 9.90. The molecule has 81 valence electrons. The summed E-state index contributed by atoms with van der Waals surface area (Å²) in [5, 5.41) is 0. The van der Waals surface area contributed by atoms with Gasteiger partial charge in [0.15, 0.2) is 0 Å². The Morgan fingerprint density at radius 1 is 1.36 bits per heavy atom. The predicted octanol–water partition coefficient (Wildman–Crippen LogP) is 4.42. The van der Waals surface area contributed by atoms with Gasteiger partial charge in [0.25, 0.3) is 0 Å². The summed E-state index contributed by atoms with van der Waals surface area (Å²) in [6.45, 7) is 4.59. The van der Waals surface area contributed by atoms with Crippen LogP contribution in [0.3, 0.4) is 0 Å². The molecule has 0 spiro atoms. The van der Waals surface area contributed by atoms with E-state index in [9.17, 15) is 0 Å². The average Bonchev–Trinajstić information content (AvgIpc) is 2.47. The second kappa shape index (κ2) is 9.19. The van der Waals surface area contributed by atoms with Gasteiger partial charge >= 0.3 is 91.2 Å². The molecule has 1 atom stereocenters. The van der Waals surface area contributed by atoms with Crippen molar-refractivity contribution in [1.82, 2.24) is 0 Å². The van der Waals surface area contributed by atoms with Crippen LogP contribution in [0.15, 0.2) is 21.0 Å². The van der Waals surface area contributed by atoms with Crippen LogP contribution in [0, 0.1) is 5.92 Å². The first-order valence-electron chi connectivity index (χ1n) is 4.90. The van der Waals surface area contributed by atoms with Crippen molar-refractivity contribution in [3.63, 3.8) is 0 Å². The number of hydrogen-bond acceptors (Lipinski definition) is 0. The Balaban J connectivity index is 0. The van der Waals surface area contributed by atoms with Crippen LogP contribution in [0.1, 0.15) is 39.5 Å². The molecule has 0 saturated heterocycles. The third-order valence-corrected chi connectivity index (χ3v) is 3.75. The minimum Gasteiger partial charge on any atom is -0.147 e. The second-order valence-corrected chi connectivity index (χ2v) is 4.92. The molecule has 3 heteroatoms. The van der Waals surface area contributed by atoms with Gasteiger partial charge in [-0.15, -0.1) is 24.8 Å². The summed E-state index contributed by atoms with van der Waals surface area (Å²) in [4.78, 5) is 0. The van der Waals surface area contributed by atoms with Crippen molar-refractivity contribution in [2.45, 2.75) is 39.5 Å². The molecule has 0 heterocycles. The van der Waals surface area contributed by atoms with E-state index in [-0.39, 0.29) is 24.8 Å². The number of rotatable bonds is 4. The molecule has 1 aliphatic rings. The molecular weight excluding hydrogens is 294 g/mol. The quantitative estimate of drug-likeness (QED) is 0.721. The zero-order valence-corrected chi connectivity index (χ0v) is 13.0. The third-order valence-electron chi connectivity index (χ3n) is 2.54. The maximum absolute atomic E-state index is 2.36. The van der Waals surface area contributed by atoms with Gasteiger partial charge in [0.1, 0.15) is 0 Å². The summed E-state index contributed by atoms with van der Waals surface area (Å²) in [6, 6.07) is 0. The molecule has 0 aliphatic heterocycles. The summed E-state index contributed by atoms with van der Waals surface area (Å²) in [7, 11) is 0. The van der Waals surface area contributed by atoms with Crippen LogP contribution < -0.4 is 0 Å². The Kier molecular flexibility index (Phi) is 11.4. The van der Waals surface area contributed by atoms with E-state index in [0.717, 1.165) is 5.92 Å². The Morgan fingerprint density at radius 2 is 2.00 bits per heavy atom. The molecule has 0 bridgehead atoms. The molecule has 0 aromatic carbocycles. The van der Waals surface area contributed by atoms with Crippen LogP contribution in [0.5, 0.6) is 0 Å². The van der Waals surface area contributed by atoms with Crippen molar-refractivity contribution in [1.29, 1.82) is 0 Å². The smallest absolute Gasteiger partial charge is 0.147 e. The van der Waals surface area contributed by atoms with E-state index in [1.54, 1.807) is 33.6 Å². The molecule has 0 nitrogen and oxygen atoms in total. The fourth-order valence-corrected chi connectivity index (χ4v) is 2.83. The maximum atomic E-state index is 2.36. The van der Waals surface area contributed by atoms with Gasteiger partial charge in [-0.2, -0.15) is 0 Å². The molecule has 14 heavy (non-hydrogen) atoms. The zero-order chi connectivity index (χ0) is 8.97. The molecule has 0 radical (unpaired) electrons. The molecule has 0 aromatic rings. The molecule has 1 aliphatic carbocycles. The first-order chi connectivity index (χ1) is 5.79. The van der Waals surface area contributed by atoms with E-state index in [1.165, 1.54) is 25.7 Å². The molecular formula is C11H19Cl2Zr. The van der Waals surface area contributed by atoms with Crippen molar-refractivity contribution in [3.05, 3.63) is 21.0 Å². The molecule has 1 unspecified atom stereocenters. The molecule has 0 aromatic heterocycles. The van der Waals surface area contributed by atoms with Crippen molar-refractivity contribution in [2.24, 2.45) is 5.92 Å². The van der Waals surface area contributed by atoms with Crippen LogP contribution in [-0.2, 0) is 24.7 Å². The van der Waals surface area contributed by atoms with Gasteiger partial charge in [-0.3, -0.25) is 0 Å². The van der Waals surface area contributed by atoms with Gasteiger partial charge in [-0.1, -0.05) is 0 Å². The van der Waals surface area contributed by atoms with Crippen molar-refractivity contribution >= 4 is 24.8 Å². The fraction of sp³-hybridized carbons (Fsp3) is 0.636. The predicted molar refractivity (Wildman–Crippen MR) is 64.0 cm³/mol. The van der Waals surface area contributed by atoms with Gasteiger partial charge in [0.2, 0.25) is 0 Å². The van der Waals surface area contributed by atoms with E-state index in [1.807, 2.05) is 0 Å². The fourth-order valence-electron chi connectivity index (χ4n) is 1.83. The van der Waals surface area contributed by atoms with Gasteiger partial charge in [0, 0.05) is 0 Å². The summed E-state index contributed by atoms with van der Waals surface area (Å²) in [5.74, 6) is 0.850. The van der Waals surface area contributed by atoms with Crippen LogP contribution >= 0.6 is 24.8 Å². The monoisotopic (exact) mass is 311 g/mol. The first-order valence-corrected chi connectivity index (χ1v) is 6.13. The number of hydrogen-bond donors (Lipinski definition) is 0. The van der Waals surface area contributed by atoms with Gasteiger partial charge < -0.3 is 0 Å². The van der Waals surface area contributed by atoms with Gasteiger partial charge in [-0.25, -0.2) is 0 Å². The third kappa shape index (κ3) is 4.64. The van der Waals surface area contributed by atoms with E-state index < -0.39 is 0 Å². The summed E-state index contributed by atoms with van der Waals surface area (Å²) in [5.41, 5.74) is 1.66. The average molecular weight is 313 g/mol. The van der Waals surface area contributed by atoms with Gasteiger partial charge in [0.05, 0.1) is 0 Å². The van der Waals surface area contributed by atoms with E-state index in [2.05, 4.69) is 26.0 Å². The molecule has 0 N–H and O–H groups in total. The topological polar surface area (TPSA) is 0 Å². The minimum absolute atomic E-state index is 0. The Morgan fingerprint density at radius 3 is 2.36 bits per heavy atom. The number of halogens is 2. The molecule has 0 fully saturated rings. The summed E-state index contributed by atoms with van der Waals surface area (Å²) < 4.78 is 1.68. The molecule has 0 saturated carbocycles. The van der Waals surface area contributed by atoms with Crippen LogP contribution in [-0.4, -0.2) is 0 Å². The van der Waals surface area contributed by atoms with Crippen LogP contribution in [0.2, 0.25) is 0 Å². The Hall–Kier alpha value is 0.943. The summed E-state index contributed by atoms with van der Waals surface area (Å²) >= 11 is 1.62. The van der Waals surface area contributed by atoms with Gasteiger partial charge in [-0.05, 0) is 0 Å². The second-order valence-electron chi connectivity index (χ2n) is 3.43. The maximum Gasteiger partial charge on any atom is -0.147 e. The van der Waals surface area contributed by atoms with Crippen molar-refractivity contribution < 1.29 is 24.7 Å². The minimum atomic E-state index is 0. The first kappa shape index (κ1) is 17.3. The van der Waals surface area contributed by atoms with E-state index in [0.29, 0.717) is 0 Å². The Labute approximate surface area is 115 Å². The van der Waals surface area contributed by atoms with Crippen molar-refractivity contribution in [2.75, 3.05) is 0 Å². The van der Waals surface area contributed by atoms with Crippen LogP contribution in [0.25, 0.3) is 0 Å². The Bertz CT molecular complexity index is 209. The van der Waals surface area contributed by atoms with Crippen molar-refractivity contribution in [3.8, 4) is 0 Å². The normalized spacial score (nSPS) is 16.1. The largest absolute Gasteiger partial charge is 0.147 e. The SMILES string of the molecule is CCCC(CC)C1=[C]([Zr])CC=C1.Cl.Cl.